The van der Waals surface area contributed by atoms with Crippen molar-refractivity contribution in [1.82, 2.24) is 20.4 Å². The number of rotatable bonds is 5. The summed E-state index contributed by atoms with van der Waals surface area (Å²) in [7, 11) is 0. The molecule has 0 bridgehead atoms. The van der Waals surface area contributed by atoms with Gasteiger partial charge in [-0.3, -0.25) is 9.78 Å². The van der Waals surface area contributed by atoms with Crippen molar-refractivity contribution in [2.24, 2.45) is 0 Å². The summed E-state index contributed by atoms with van der Waals surface area (Å²) in [6.07, 6.45) is 2.39. The predicted molar refractivity (Wildman–Crippen MR) is 81.3 cm³/mol. The molecule has 2 aromatic heterocycles. The van der Waals surface area contributed by atoms with Crippen molar-refractivity contribution in [1.29, 1.82) is 0 Å². The lowest BCUT2D eigenvalue weighted by atomic mass is 10.1. The van der Waals surface area contributed by atoms with Gasteiger partial charge >= 0.3 is 11.8 Å². The molecule has 2 N–H and O–H groups in total. The minimum atomic E-state index is -0.803. The highest BCUT2D eigenvalue weighted by atomic mass is 16.5. The van der Waals surface area contributed by atoms with Crippen LogP contribution in [0.15, 0.2) is 59.4 Å². The van der Waals surface area contributed by atoms with Crippen molar-refractivity contribution in [2.45, 2.75) is 6.10 Å². The third-order valence-electron chi connectivity index (χ3n) is 3.20. The summed E-state index contributed by atoms with van der Waals surface area (Å²) in [6.45, 7) is 0.0514. The number of aliphatic hydroxyl groups is 1. The third kappa shape index (κ3) is 3.58. The number of carbonyl (C=O) groups is 1. The number of benzene rings is 1. The zero-order valence-corrected chi connectivity index (χ0v) is 12.1. The first-order valence-electron chi connectivity index (χ1n) is 6.99. The number of nitrogens with one attached hydrogen (secondary N) is 1. The van der Waals surface area contributed by atoms with Gasteiger partial charge in [0.25, 0.3) is 0 Å². The van der Waals surface area contributed by atoms with Crippen molar-refractivity contribution in [3.8, 4) is 11.4 Å². The number of hydrogen-bond donors (Lipinski definition) is 2. The highest BCUT2D eigenvalue weighted by molar-refractivity contribution is 5.89. The molecule has 7 nitrogen and oxygen atoms in total. The van der Waals surface area contributed by atoms with E-state index < -0.39 is 12.0 Å². The average Bonchev–Trinajstić information content (AvgIpc) is 3.11. The molecule has 0 unspecified atom stereocenters. The number of hydrogen-bond acceptors (Lipinski definition) is 6. The Hall–Kier alpha value is -3.06. The van der Waals surface area contributed by atoms with E-state index >= 15 is 0 Å². The fourth-order valence-corrected chi connectivity index (χ4v) is 1.99. The molecule has 0 aliphatic rings. The van der Waals surface area contributed by atoms with E-state index in [2.05, 4.69) is 20.4 Å². The molecule has 1 amide bonds. The number of carbonyl (C=O) groups excluding carboxylic acids is 1. The summed E-state index contributed by atoms with van der Waals surface area (Å²) in [5, 5.41) is 16.3. The largest absolute Gasteiger partial charge is 0.387 e. The minimum absolute atomic E-state index is 0.0514. The number of nitrogens with zero attached hydrogens (tertiary/aromatic N) is 3. The topological polar surface area (TPSA) is 101 Å². The van der Waals surface area contributed by atoms with E-state index in [9.17, 15) is 9.90 Å². The van der Waals surface area contributed by atoms with E-state index in [0.717, 1.165) is 5.56 Å². The second-order valence-corrected chi connectivity index (χ2v) is 4.80. The van der Waals surface area contributed by atoms with Crippen LogP contribution in [-0.4, -0.2) is 32.7 Å². The molecule has 0 aliphatic carbocycles. The zero-order chi connectivity index (χ0) is 16.1. The van der Waals surface area contributed by atoms with Crippen LogP contribution in [0, 0.1) is 0 Å². The average molecular weight is 310 g/mol. The Morgan fingerprint density at radius 2 is 1.91 bits per heavy atom. The lowest BCUT2D eigenvalue weighted by Gasteiger charge is -2.10. The summed E-state index contributed by atoms with van der Waals surface area (Å²) in [6, 6.07) is 12.5. The Balaban J connectivity index is 1.62. The molecular formula is C16H14N4O3. The Morgan fingerprint density at radius 3 is 2.65 bits per heavy atom. The van der Waals surface area contributed by atoms with Gasteiger partial charge in [0.1, 0.15) is 0 Å². The Labute approximate surface area is 132 Å². The number of amides is 1. The Kier molecular flexibility index (Phi) is 4.39. The smallest absolute Gasteiger partial charge is 0.316 e. The molecule has 116 valence electrons. The van der Waals surface area contributed by atoms with E-state index in [1.54, 1.807) is 36.7 Å². The van der Waals surface area contributed by atoms with Crippen LogP contribution >= 0.6 is 0 Å². The zero-order valence-electron chi connectivity index (χ0n) is 12.1. The van der Waals surface area contributed by atoms with Gasteiger partial charge in [-0.1, -0.05) is 35.5 Å². The molecule has 0 saturated heterocycles. The molecule has 0 radical (unpaired) electrons. The molecule has 2 heterocycles. The maximum atomic E-state index is 12.0. The van der Waals surface area contributed by atoms with Gasteiger partial charge in [-0.2, -0.15) is 4.98 Å². The summed E-state index contributed by atoms with van der Waals surface area (Å²) in [5.74, 6) is -0.383. The van der Waals surface area contributed by atoms with Crippen molar-refractivity contribution < 1.29 is 14.4 Å². The van der Waals surface area contributed by atoms with Crippen LogP contribution in [0.5, 0.6) is 0 Å². The van der Waals surface area contributed by atoms with Crippen molar-refractivity contribution in [2.75, 3.05) is 6.54 Å². The van der Waals surface area contributed by atoms with Gasteiger partial charge in [0.05, 0.1) is 6.10 Å². The van der Waals surface area contributed by atoms with Gasteiger partial charge < -0.3 is 14.9 Å². The standard InChI is InChI=1S/C16H14N4O3/c21-13(11-4-2-1-3-5-11)10-18-15(22)16-19-14(20-23-16)12-6-8-17-9-7-12/h1-9,13,21H,10H2,(H,18,22)/t13-/m0/s1. The van der Waals surface area contributed by atoms with E-state index in [1.165, 1.54) is 0 Å². The van der Waals surface area contributed by atoms with E-state index in [4.69, 9.17) is 4.52 Å². The van der Waals surface area contributed by atoms with Crippen LogP contribution in [0.4, 0.5) is 0 Å². The molecular weight excluding hydrogens is 296 g/mol. The molecule has 0 aliphatic heterocycles. The molecule has 0 spiro atoms. The first-order valence-corrected chi connectivity index (χ1v) is 6.99. The number of aromatic nitrogens is 3. The van der Waals surface area contributed by atoms with E-state index in [1.807, 2.05) is 18.2 Å². The molecule has 1 aromatic carbocycles. The molecule has 7 heteroatoms. The summed E-state index contributed by atoms with van der Waals surface area (Å²) in [4.78, 5) is 19.9. The quantitative estimate of drug-likeness (QED) is 0.742. The van der Waals surface area contributed by atoms with Crippen LogP contribution in [0.25, 0.3) is 11.4 Å². The predicted octanol–water partition coefficient (Wildman–Crippen LogP) is 1.59. The van der Waals surface area contributed by atoms with Crippen LogP contribution in [0.3, 0.4) is 0 Å². The summed E-state index contributed by atoms with van der Waals surface area (Å²) in [5.41, 5.74) is 1.42. The van der Waals surface area contributed by atoms with Gasteiger partial charge in [-0.05, 0) is 17.7 Å². The SMILES string of the molecule is O=C(NC[C@H](O)c1ccccc1)c1nc(-c2ccncc2)no1. The van der Waals surface area contributed by atoms with Gasteiger partial charge in [0.15, 0.2) is 0 Å². The fourth-order valence-electron chi connectivity index (χ4n) is 1.99. The maximum Gasteiger partial charge on any atom is 0.316 e. The monoisotopic (exact) mass is 310 g/mol. The Morgan fingerprint density at radius 1 is 1.17 bits per heavy atom. The number of aliphatic hydroxyl groups excluding tert-OH is 1. The van der Waals surface area contributed by atoms with Crippen LogP contribution in [0.2, 0.25) is 0 Å². The molecule has 23 heavy (non-hydrogen) atoms. The second kappa shape index (κ2) is 6.80. The van der Waals surface area contributed by atoms with Crippen LogP contribution in [-0.2, 0) is 0 Å². The first kappa shape index (κ1) is 14.9. The summed E-state index contributed by atoms with van der Waals surface area (Å²) < 4.78 is 4.94. The van der Waals surface area contributed by atoms with Crippen molar-refractivity contribution in [3.63, 3.8) is 0 Å². The van der Waals surface area contributed by atoms with Crippen molar-refractivity contribution in [3.05, 3.63) is 66.3 Å². The maximum absolute atomic E-state index is 12.0. The van der Waals surface area contributed by atoms with Gasteiger partial charge in [-0.25, -0.2) is 0 Å². The van der Waals surface area contributed by atoms with E-state index in [0.29, 0.717) is 11.4 Å². The molecule has 0 fully saturated rings. The summed E-state index contributed by atoms with van der Waals surface area (Å²) >= 11 is 0. The highest BCUT2D eigenvalue weighted by Crippen LogP contribution is 2.14. The third-order valence-corrected chi connectivity index (χ3v) is 3.20. The normalized spacial score (nSPS) is 11.9. The first-order chi connectivity index (χ1) is 11.2. The molecule has 3 aromatic rings. The minimum Gasteiger partial charge on any atom is -0.387 e. The van der Waals surface area contributed by atoms with Crippen LogP contribution in [0.1, 0.15) is 22.4 Å². The van der Waals surface area contributed by atoms with Crippen molar-refractivity contribution >= 4 is 5.91 Å². The lowest BCUT2D eigenvalue weighted by molar-refractivity contribution is 0.0873. The van der Waals surface area contributed by atoms with Crippen LogP contribution < -0.4 is 5.32 Å². The lowest BCUT2D eigenvalue weighted by Crippen LogP contribution is -2.28. The molecule has 3 rings (SSSR count). The van der Waals surface area contributed by atoms with Gasteiger partial charge in [0, 0.05) is 24.5 Å². The number of pyridine rings is 1. The second-order valence-electron chi connectivity index (χ2n) is 4.80. The molecule has 1 atom stereocenters. The van der Waals surface area contributed by atoms with E-state index in [-0.39, 0.29) is 12.4 Å². The Bertz CT molecular complexity index is 774. The fraction of sp³-hybridized carbons (Fsp3) is 0.125. The highest BCUT2D eigenvalue weighted by Gasteiger charge is 2.17. The van der Waals surface area contributed by atoms with Gasteiger partial charge in [-0.15, -0.1) is 0 Å². The molecule has 0 saturated carbocycles. The van der Waals surface area contributed by atoms with Gasteiger partial charge in [0.2, 0.25) is 5.82 Å².